The first-order chi connectivity index (χ1) is 8.06. The van der Waals surface area contributed by atoms with Gasteiger partial charge in [-0.2, -0.15) is 0 Å². The zero-order valence-electron chi connectivity index (χ0n) is 10.8. The summed E-state index contributed by atoms with van der Waals surface area (Å²) in [6, 6.07) is 1.95. The average Bonchev–Trinajstić information content (AvgIpc) is 2.27. The summed E-state index contributed by atoms with van der Waals surface area (Å²) in [7, 11) is 0. The van der Waals surface area contributed by atoms with Crippen molar-refractivity contribution in [2.24, 2.45) is 0 Å². The number of aliphatic hydroxyl groups excluding tert-OH is 1. The van der Waals surface area contributed by atoms with Crippen LogP contribution in [-0.2, 0) is 0 Å². The maximum atomic E-state index is 8.95. The van der Waals surface area contributed by atoms with Gasteiger partial charge in [-0.05, 0) is 12.8 Å². The fourth-order valence-electron chi connectivity index (χ4n) is 1.56. The van der Waals surface area contributed by atoms with Crippen molar-refractivity contribution < 1.29 is 5.11 Å². The number of anilines is 2. The average molecular weight is 238 g/mol. The molecule has 5 nitrogen and oxygen atoms in total. The van der Waals surface area contributed by atoms with Crippen LogP contribution in [0.3, 0.4) is 0 Å². The fourth-order valence-corrected chi connectivity index (χ4v) is 1.56. The normalized spacial score (nSPS) is 12.8. The Morgan fingerprint density at radius 1 is 1.41 bits per heavy atom. The summed E-state index contributed by atoms with van der Waals surface area (Å²) in [6.45, 7) is 6.30. The van der Waals surface area contributed by atoms with E-state index in [9.17, 15) is 0 Å². The van der Waals surface area contributed by atoms with Crippen LogP contribution in [0.4, 0.5) is 11.6 Å². The smallest absolute Gasteiger partial charge is 0.135 e. The van der Waals surface area contributed by atoms with E-state index in [-0.39, 0.29) is 18.6 Å². The Balaban J connectivity index is 2.82. The molecule has 0 aromatic carbocycles. The van der Waals surface area contributed by atoms with E-state index in [1.807, 2.05) is 13.8 Å². The molecule has 0 amide bonds. The third-order valence-corrected chi connectivity index (χ3v) is 2.60. The van der Waals surface area contributed by atoms with E-state index in [0.29, 0.717) is 12.2 Å². The Labute approximate surface area is 102 Å². The molecule has 1 atom stereocenters. The Morgan fingerprint density at radius 2 is 2.12 bits per heavy atom. The van der Waals surface area contributed by atoms with Crippen molar-refractivity contribution in [2.75, 3.05) is 17.7 Å². The molecule has 4 N–H and O–H groups in total. The van der Waals surface area contributed by atoms with Gasteiger partial charge in [0.05, 0.1) is 0 Å². The number of rotatable bonds is 6. The summed E-state index contributed by atoms with van der Waals surface area (Å²) < 4.78 is 0. The maximum Gasteiger partial charge on any atom is 0.135 e. The number of nitrogens with two attached hydrogens (primary N) is 1. The number of nitrogen functional groups attached to an aromatic ring is 1. The first-order valence-electron chi connectivity index (χ1n) is 6.08. The van der Waals surface area contributed by atoms with Gasteiger partial charge in [0.1, 0.15) is 17.5 Å². The molecule has 0 aliphatic carbocycles. The van der Waals surface area contributed by atoms with Crippen molar-refractivity contribution in [3.8, 4) is 0 Å². The van der Waals surface area contributed by atoms with Crippen molar-refractivity contribution in [3.63, 3.8) is 0 Å². The Morgan fingerprint density at radius 3 is 2.65 bits per heavy atom. The second-order valence-corrected chi connectivity index (χ2v) is 4.45. The molecule has 1 unspecified atom stereocenters. The summed E-state index contributed by atoms with van der Waals surface area (Å²) in [5, 5.41) is 12.2. The minimum atomic E-state index is 0.170. The molecular weight excluding hydrogens is 216 g/mol. The van der Waals surface area contributed by atoms with Crippen LogP contribution in [-0.4, -0.2) is 27.7 Å². The van der Waals surface area contributed by atoms with Gasteiger partial charge in [-0.15, -0.1) is 0 Å². The maximum absolute atomic E-state index is 8.95. The van der Waals surface area contributed by atoms with E-state index < -0.39 is 0 Å². The zero-order valence-corrected chi connectivity index (χ0v) is 10.8. The summed E-state index contributed by atoms with van der Waals surface area (Å²) in [5.74, 6) is 2.20. The van der Waals surface area contributed by atoms with E-state index in [2.05, 4.69) is 22.2 Å². The highest BCUT2D eigenvalue weighted by molar-refractivity contribution is 5.45. The van der Waals surface area contributed by atoms with E-state index in [4.69, 9.17) is 10.8 Å². The van der Waals surface area contributed by atoms with Crippen molar-refractivity contribution in [3.05, 3.63) is 11.9 Å². The van der Waals surface area contributed by atoms with Gasteiger partial charge in [0, 0.05) is 24.6 Å². The molecule has 1 aromatic heterocycles. The van der Waals surface area contributed by atoms with Crippen molar-refractivity contribution in [2.45, 2.75) is 45.6 Å². The molecule has 0 bridgehead atoms. The van der Waals surface area contributed by atoms with E-state index >= 15 is 0 Å². The third kappa shape index (κ3) is 4.19. The van der Waals surface area contributed by atoms with Crippen LogP contribution in [0.25, 0.3) is 0 Å². The van der Waals surface area contributed by atoms with E-state index in [0.717, 1.165) is 18.1 Å². The van der Waals surface area contributed by atoms with Gasteiger partial charge in [0.2, 0.25) is 0 Å². The molecule has 1 aromatic rings. The topological polar surface area (TPSA) is 84.1 Å². The van der Waals surface area contributed by atoms with Crippen LogP contribution in [0.1, 0.15) is 45.4 Å². The minimum Gasteiger partial charge on any atom is -0.396 e. The standard InChI is InChI=1S/C12H22N4O/c1-4-9(5-6-17)14-11-7-10(13)15-12(16-11)8(2)3/h7-9,17H,4-6H2,1-3H3,(H3,13,14,15,16). The molecular formula is C12H22N4O. The quantitative estimate of drug-likeness (QED) is 0.703. The lowest BCUT2D eigenvalue weighted by Gasteiger charge is -2.17. The number of hydrogen-bond acceptors (Lipinski definition) is 5. The summed E-state index contributed by atoms with van der Waals surface area (Å²) >= 11 is 0. The molecule has 5 heteroatoms. The van der Waals surface area contributed by atoms with Crippen LogP contribution < -0.4 is 11.1 Å². The highest BCUT2D eigenvalue weighted by Gasteiger charge is 2.10. The summed E-state index contributed by atoms with van der Waals surface area (Å²) in [4.78, 5) is 8.61. The van der Waals surface area contributed by atoms with Crippen molar-refractivity contribution in [1.82, 2.24) is 9.97 Å². The van der Waals surface area contributed by atoms with Crippen LogP contribution in [0.5, 0.6) is 0 Å². The first kappa shape index (κ1) is 13.7. The van der Waals surface area contributed by atoms with Crippen molar-refractivity contribution in [1.29, 1.82) is 0 Å². The lowest BCUT2D eigenvalue weighted by molar-refractivity contribution is 0.278. The second kappa shape index (κ2) is 6.39. The van der Waals surface area contributed by atoms with Gasteiger partial charge in [-0.25, -0.2) is 9.97 Å². The lowest BCUT2D eigenvalue weighted by Crippen LogP contribution is -2.21. The van der Waals surface area contributed by atoms with Gasteiger partial charge < -0.3 is 16.2 Å². The largest absolute Gasteiger partial charge is 0.396 e. The second-order valence-electron chi connectivity index (χ2n) is 4.45. The summed E-state index contributed by atoms with van der Waals surface area (Å²) in [6.07, 6.45) is 1.64. The Bertz CT molecular complexity index is 354. The Kier molecular flexibility index (Phi) is 5.15. The first-order valence-corrected chi connectivity index (χ1v) is 6.08. The molecule has 0 fully saturated rings. The molecule has 0 radical (unpaired) electrons. The highest BCUT2D eigenvalue weighted by Crippen LogP contribution is 2.16. The van der Waals surface area contributed by atoms with Crippen LogP contribution in [0, 0.1) is 0 Å². The van der Waals surface area contributed by atoms with E-state index in [1.54, 1.807) is 6.07 Å². The third-order valence-electron chi connectivity index (χ3n) is 2.60. The van der Waals surface area contributed by atoms with Crippen LogP contribution >= 0.6 is 0 Å². The monoisotopic (exact) mass is 238 g/mol. The van der Waals surface area contributed by atoms with Gasteiger partial charge in [-0.3, -0.25) is 0 Å². The number of aliphatic hydroxyl groups is 1. The molecule has 0 aliphatic rings. The molecule has 17 heavy (non-hydrogen) atoms. The fraction of sp³-hybridized carbons (Fsp3) is 0.667. The molecule has 1 rings (SSSR count). The molecule has 0 spiro atoms. The van der Waals surface area contributed by atoms with Gasteiger partial charge in [0.25, 0.3) is 0 Å². The Hall–Kier alpha value is -1.36. The predicted molar refractivity (Wildman–Crippen MR) is 69.9 cm³/mol. The zero-order chi connectivity index (χ0) is 12.8. The van der Waals surface area contributed by atoms with Gasteiger partial charge >= 0.3 is 0 Å². The van der Waals surface area contributed by atoms with Crippen LogP contribution in [0.15, 0.2) is 6.07 Å². The van der Waals surface area contributed by atoms with Crippen molar-refractivity contribution >= 4 is 11.6 Å². The molecule has 0 saturated heterocycles. The number of nitrogens with zero attached hydrogens (tertiary/aromatic N) is 2. The predicted octanol–water partition coefficient (Wildman–Crippen LogP) is 1.76. The number of hydrogen-bond donors (Lipinski definition) is 3. The lowest BCUT2D eigenvalue weighted by atomic mass is 10.1. The number of aromatic nitrogens is 2. The van der Waals surface area contributed by atoms with Gasteiger partial charge in [-0.1, -0.05) is 20.8 Å². The minimum absolute atomic E-state index is 0.170. The molecule has 0 aliphatic heterocycles. The highest BCUT2D eigenvalue weighted by atomic mass is 16.3. The van der Waals surface area contributed by atoms with Crippen LogP contribution in [0.2, 0.25) is 0 Å². The summed E-state index contributed by atoms with van der Waals surface area (Å²) in [5.41, 5.74) is 5.75. The molecule has 96 valence electrons. The molecule has 1 heterocycles. The number of nitrogens with one attached hydrogen (secondary N) is 1. The molecule has 0 saturated carbocycles. The van der Waals surface area contributed by atoms with Gasteiger partial charge in [0.15, 0.2) is 0 Å². The van der Waals surface area contributed by atoms with E-state index in [1.165, 1.54) is 0 Å². The SMILES string of the molecule is CCC(CCO)Nc1cc(N)nc(C(C)C)n1.